The monoisotopic (exact) mass is 154 g/mol. The van der Waals surface area contributed by atoms with E-state index in [4.69, 9.17) is 10.5 Å². The lowest BCUT2D eigenvalue weighted by molar-refractivity contribution is 0.423. The van der Waals surface area contributed by atoms with Gasteiger partial charge in [-0.05, 0) is 12.5 Å². The highest BCUT2D eigenvalue weighted by molar-refractivity contribution is 5.90. The lowest BCUT2D eigenvalue weighted by Gasteiger charge is -2.09. The van der Waals surface area contributed by atoms with Crippen molar-refractivity contribution < 1.29 is 5.11 Å². The maximum atomic E-state index is 9.14. The molecule has 0 aliphatic carbocycles. The zero-order valence-electron chi connectivity index (χ0n) is 7.18. The fraction of sp³-hybridized carbons (Fsp3) is 0.375. The molecule has 0 aliphatic heterocycles. The second kappa shape index (κ2) is 3.81. The van der Waals surface area contributed by atoms with Crippen LogP contribution < -0.4 is 0 Å². The van der Waals surface area contributed by atoms with Gasteiger partial charge in [0.2, 0.25) is 0 Å². The molecule has 0 saturated heterocycles. The Bertz CT molecular complexity index is 204. The molecule has 0 aromatic rings. The first-order valence-corrected chi connectivity index (χ1v) is 3.27. The lowest BCUT2D eigenvalue weighted by Crippen LogP contribution is -2.18. The highest BCUT2D eigenvalue weighted by Gasteiger charge is 1.97. The zero-order chi connectivity index (χ0) is 9.02. The molecule has 0 spiro atoms. The molecule has 0 atom stereocenters. The highest BCUT2D eigenvalue weighted by atomic mass is 16.3. The Labute approximate surface area is 67.2 Å². The Balaban J connectivity index is 4.32. The molecule has 0 aromatic carbocycles. The third kappa shape index (κ3) is 3.45. The molecule has 0 bridgehead atoms. The molecule has 0 amide bonds. The van der Waals surface area contributed by atoms with Gasteiger partial charge >= 0.3 is 0 Å². The Morgan fingerprint density at radius 2 is 2.00 bits per heavy atom. The van der Waals surface area contributed by atoms with E-state index in [1.54, 1.807) is 25.9 Å². The zero-order valence-corrected chi connectivity index (χ0v) is 7.18. The number of nitrogens with zero attached hydrogens (tertiary/aromatic N) is 1. The van der Waals surface area contributed by atoms with E-state index < -0.39 is 0 Å². The van der Waals surface area contributed by atoms with Crippen LogP contribution in [0.2, 0.25) is 0 Å². The molecule has 0 aromatic heterocycles. The van der Waals surface area contributed by atoms with Crippen LogP contribution >= 0.6 is 0 Å². The second-order valence-electron chi connectivity index (χ2n) is 2.59. The van der Waals surface area contributed by atoms with E-state index in [1.807, 2.05) is 0 Å². The maximum Gasteiger partial charge on any atom is 0.123 e. The number of hydrogen-bond acceptors (Lipinski definition) is 2. The van der Waals surface area contributed by atoms with Gasteiger partial charge in [-0.25, -0.2) is 0 Å². The first-order chi connectivity index (χ1) is 4.95. The van der Waals surface area contributed by atoms with Gasteiger partial charge in [-0.3, -0.25) is 5.41 Å². The number of aliphatic hydroxyl groups excluding tert-OH is 1. The first kappa shape index (κ1) is 9.75. The topological polar surface area (TPSA) is 47.3 Å². The Morgan fingerprint density at radius 3 is 2.27 bits per heavy atom. The number of nitrogens with one attached hydrogen (secondary N) is 1. The summed E-state index contributed by atoms with van der Waals surface area (Å²) in [4.78, 5) is 1.60. The van der Waals surface area contributed by atoms with E-state index >= 15 is 0 Å². The van der Waals surface area contributed by atoms with Gasteiger partial charge in [0.15, 0.2) is 0 Å². The molecule has 11 heavy (non-hydrogen) atoms. The van der Waals surface area contributed by atoms with Crippen molar-refractivity contribution in [2.24, 2.45) is 0 Å². The van der Waals surface area contributed by atoms with Gasteiger partial charge in [-0.2, -0.15) is 0 Å². The van der Waals surface area contributed by atoms with Crippen molar-refractivity contribution in [2.45, 2.75) is 6.92 Å². The average molecular weight is 154 g/mol. The van der Waals surface area contributed by atoms with Gasteiger partial charge in [0.25, 0.3) is 0 Å². The van der Waals surface area contributed by atoms with Crippen molar-refractivity contribution in [1.29, 1.82) is 5.41 Å². The van der Waals surface area contributed by atoms with Crippen LogP contribution in [0.5, 0.6) is 0 Å². The van der Waals surface area contributed by atoms with Crippen molar-refractivity contribution in [1.82, 2.24) is 4.90 Å². The van der Waals surface area contributed by atoms with Gasteiger partial charge in [-0.1, -0.05) is 6.58 Å². The molecule has 0 saturated carbocycles. The Morgan fingerprint density at radius 1 is 1.55 bits per heavy atom. The van der Waals surface area contributed by atoms with Crippen LogP contribution in [-0.2, 0) is 0 Å². The Hall–Kier alpha value is -1.25. The summed E-state index contributed by atoms with van der Waals surface area (Å²) in [6, 6.07) is 0. The number of likely N-dealkylation sites (N-methyl/N-ethyl adjacent to an activating group) is 1. The van der Waals surface area contributed by atoms with Gasteiger partial charge in [0, 0.05) is 20.2 Å². The molecule has 62 valence electrons. The summed E-state index contributed by atoms with van der Waals surface area (Å²) in [6.45, 7) is 5.22. The van der Waals surface area contributed by atoms with E-state index in [2.05, 4.69) is 6.58 Å². The minimum absolute atomic E-state index is 0.0590. The fourth-order valence-corrected chi connectivity index (χ4v) is 0.382. The molecule has 0 aliphatic rings. The van der Waals surface area contributed by atoms with Crippen LogP contribution in [-0.4, -0.2) is 29.9 Å². The number of amidine groups is 1. The number of rotatable bonds is 2. The summed E-state index contributed by atoms with van der Waals surface area (Å²) >= 11 is 0. The molecule has 0 radical (unpaired) electrons. The van der Waals surface area contributed by atoms with Crippen LogP contribution in [0.3, 0.4) is 0 Å². The lowest BCUT2D eigenvalue weighted by atomic mass is 10.2. The number of allylic oxidation sites excluding steroid dienone is 1. The van der Waals surface area contributed by atoms with Crippen molar-refractivity contribution in [2.75, 3.05) is 14.1 Å². The van der Waals surface area contributed by atoms with Crippen LogP contribution in [0.15, 0.2) is 24.0 Å². The summed E-state index contributed by atoms with van der Waals surface area (Å²) in [6.07, 6.45) is 1.36. The third-order valence-electron chi connectivity index (χ3n) is 1.19. The minimum atomic E-state index is 0.0590. The molecule has 0 fully saturated rings. The summed E-state index contributed by atoms with van der Waals surface area (Å²) < 4.78 is 0. The van der Waals surface area contributed by atoms with E-state index in [0.29, 0.717) is 5.57 Å². The molecule has 2 N–H and O–H groups in total. The van der Waals surface area contributed by atoms with Crippen LogP contribution in [0.25, 0.3) is 0 Å². The molecule has 0 heterocycles. The summed E-state index contributed by atoms with van der Waals surface area (Å²) in [5, 5.41) is 16.5. The quantitative estimate of drug-likeness (QED) is 0.274. The van der Waals surface area contributed by atoms with Crippen molar-refractivity contribution in [3.63, 3.8) is 0 Å². The Kier molecular flexibility index (Phi) is 3.37. The van der Waals surface area contributed by atoms with Gasteiger partial charge in [0.05, 0.1) is 0 Å². The van der Waals surface area contributed by atoms with Gasteiger partial charge in [0.1, 0.15) is 11.6 Å². The number of hydrogen-bond donors (Lipinski definition) is 2. The van der Waals surface area contributed by atoms with Crippen molar-refractivity contribution in [3.05, 3.63) is 24.0 Å². The molecule has 0 unspecified atom stereocenters. The predicted octanol–water partition coefficient (Wildman–Crippen LogP) is 1.54. The number of aliphatic hydroxyl groups is 1. The van der Waals surface area contributed by atoms with Gasteiger partial charge in [-0.15, -0.1) is 0 Å². The minimum Gasteiger partial charge on any atom is -0.508 e. The fourth-order valence-electron chi connectivity index (χ4n) is 0.382. The van der Waals surface area contributed by atoms with Crippen molar-refractivity contribution in [3.8, 4) is 0 Å². The molecule has 3 nitrogen and oxygen atoms in total. The highest BCUT2D eigenvalue weighted by Crippen LogP contribution is 2.01. The van der Waals surface area contributed by atoms with E-state index in [0.717, 1.165) is 0 Å². The average Bonchev–Trinajstić information content (AvgIpc) is 1.87. The summed E-state index contributed by atoms with van der Waals surface area (Å²) in [5.74, 6) is 0.314. The van der Waals surface area contributed by atoms with E-state index in [1.165, 1.54) is 6.08 Å². The molecule has 0 rings (SSSR count). The van der Waals surface area contributed by atoms with Crippen molar-refractivity contribution >= 4 is 5.84 Å². The maximum absolute atomic E-state index is 9.14. The van der Waals surface area contributed by atoms with Gasteiger partial charge < -0.3 is 10.0 Å². The van der Waals surface area contributed by atoms with Crippen LogP contribution in [0.1, 0.15) is 6.92 Å². The third-order valence-corrected chi connectivity index (χ3v) is 1.19. The second-order valence-corrected chi connectivity index (χ2v) is 2.59. The molecular weight excluding hydrogens is 140 g/mol. The largest absolute Gasteiger partial charge is 0.508 e. The van der Waals surface area contributed by atoms with Crippen LogP contribution in [0, 0.1) is 5.41 Å². The normalized spacial score (nSPS) is 11.0. The summed E-state index contributed by atoms with van der Waals surface area (Å²) in [7, 11) is 3.48. The summed E-state index contributed by atoms with van der Waals surface area (Å²) in [5.41, 5.74) is 0.566. The van der Waals surface area contributed by atoms with E-state index in [-0.39, 0.29) is 11.6 Å². The smallest absolute Gasteiger partial charge is 0.123 e. The van der Waals surface area contributed by atoms with E-state index in [9.17, 15) is 0 Å². The SMILES string of the molecule is C=C(C)/C(O)=C\C(=N)N(C)C. The van der Waals surface area contributed by atoms with Crippen LogP contribution in [0.4, 0.5) is 0 Å². The first-order valence-electron chi connectivity index (χ1n) is 3.27. The standard InChI is InChI=1S/C8H14N2O/c1-6(2)7(11)5-8(9)10(3)4/h5,9,11H,1H2,2-4H3/b7-5+,9-8?. The molecular formula is C8H14N2O. The molecule has 3 heteroatoms. The predicted molar refractivity (Wildman–Crippen MR) is 46.9 cm³/mol.